The minimum absolute atomic E-state index is 0.105. The first-order valence-electron chi connectivity index (χ1n) is 10.4. The fraction of sp³-hybridized carbons (Fsp3) is 0.765. The van der Waals surface area contributed by atoms with Crippen LogP contribution in [0.4, 0.5) is 0 Å². The Labute approximate surface area is 216 Å². The number of ether oxygens (including phenoxy) is 2. The third-order valence-electron chi connectivity index (χ3n) is 4.81. The zero-order chi connectivity index (χ0) is 30.5. The molecule has 0 aromatic heterocycles. The van der Waals surface area contributed by atoms with E-state index in [1.54, 1.807) is 0 Å². The van der Waals surface area contributed by atoms with Crippen LogP contribution in [0.2, 0.25) is 0 Å². The highest BCUT2D eigenvalue weighted by Crippen LogP contribution is 2.29. The molecular formula is C17H26N6O16. The maximum atomic E-state index is 10.8. The molecule has 22 heteroatoms. The molecule has 220 valence electrons. The monoisotopic (exact) mass is 570 g/mol. The topological polar surface area (TPSA) is 387 Å². The average Bonchev–Trinajstić information content (AvgIpc) is 3.10. The summed E-state index contributed by atoms with van der Waals surface area (Å²) in [6, 6.07) is 0. The standard InChI is InChI=1S/C8H13N3O7.C5H9N3O4.C4H4O5/c9-11-10-2-4(13)6-5(14)3(12)1-8(17,18-6)7(15)16;6-8-7-1-2-3(9)4(10)5(11)12-2;5-2(4(8)9)1-3(6)7/h3-6,12-14,17H,1-2H2,(H,15,16);2-5,9-11H,1H2;1H2,(H,6,7)(H,8,9)/t3-,4-,5-,6?,8-;2-,3+,4?,5?;/m11./s1. The second kappa shape index (κ2) is 16.3. The minimum atomic E-state index is -2.71. The molecule has 9 atom stereocenters. The van der Waals surface area contributed by atoms with Gasteiger partial charge < -0.3 is 60.5 Å². The van der Waals surface area contributed by atoms with Crippen LogP contribution in [0.15, 0.2) is 10.2 Å². The Balaban J connectivity index is 0.000000596. The van der Waals surface area contributed by atoms with Gasteiger partial charge in [-0.25, -0.2) is 9.59 Å². The van der Waals surface area contributed by atoms with Crippen molar-refractivity contribution in [2.45, 2.75) is 67.6 Å². The lowest BCUT2D eigenvalue weighted by Crippen LogP contribution is -2.61. The molecule has 2 aliphatic heterocycles. The molecule has 2 aliphatic rings. The normalized spacial score (nSPS) is 31.9. The predicted molar refractivity (Wildman–Crippen MR) is 116 cm³/mol. The quantitative estimate of drug-likeness (QED) is 0.0412. The van der Waals surface area contributed by atoms with Gasteiger partial charge >= 0.3 is 17.9 Å². The molecular weight excluding hydrogens is 544 g/mol. The van der Waals surface area contributed by atoms with Crippen LogP contribution in [0.5, 0.6) is 0 Å². The van der Waals surface area contributed by atoms with Gasteiger partial charge in [0.25, 0.3) is 11.6 Å². The number of nitrogens with zero attached hydrogens (tertiary/aromatic N) is 6. The van der Waals surface area contributed by atoms with Crippen LogP contribution in [0, 0.1) is 0 Å². The lowest BCUT2D eigenvalue weighted by atomic mass is 9.92. The number of Topliss-reactive ketones (excluding diaryl/α,β-unsaturated/α-hetero) is 1. The van der Waals surface area contributed by atoms with E-state index in [-0.39, 0.29) is 6.54 Å². The van der Waals surface area contributed by atoms with Crippen LogP contribution < -0.4 is 0 Å². The highest BCUT2D eigenvalue weighted by Gasteiger charge is 2.52. The molecule has 39 heavy (non-hydrogen) atoms. The molecule has 2 saturated heterocycles. The Bertz CT molecular complexity index is 971. The molecule has 2 rings (SSSR count). The van der Waals surface area contributed by atoms with E-state index in [9.17, 15) is 39.6 Å². The molecule has 0 aromatic carbocycles. The van der Waals surface area contributed by atoms with Crippen LogP contribution in [-0.4, -0.2) is 143 Å². The average molecular weight is 570 g/mol. The molecule has 0 spiro atoms. The van der Waals surface area contributed by atoms with Gasteiger partial charge in [0, 0.05) is 16.2 Å². The fourth-order valence-electron chi connectivity index (χ4n) is 2.84. The molecule has 2 heterocycles. The van der Waals surface area contributed by atoms with Crippen molar-refractivity contribution in [1.29, 1.82) is 0 Å². The summed E-state index contributed by atoms with van der Waals surface area (Å²) in [6.45, 7) is -0.605. The first kappa shape index (κ1) is 35.3. The number of hydrogen-bond donors (Lipinski definition) is 10. The van der Waals surface area contributed by atoms with Gasteiger partial charge in [0.15, 0.2) is 6.29 Å². The molecule has 0 amide bonds. The van der Waals surface area contributed by atoms with Gasteiger partial charge in [-0.2, -0.15) is 0 Å². The number of carboxylic acids is 3. The SMILES string of the molecule is O=C(O)CC(=O)C(=O)O.[N-]=[N+]=NC[C@@H](O)C1O[C@@](O)(C(=O)O)C[C@@H](O)[C@H]1O.[N-]=[N+]=NC[C@H]1OC(O)C(O)[C@H]1O. The van der Waals surface area contributed by atoms with E-state index in [2.05, 4.69) is 29.5 Å². The van der Waals surface area contributed by atoms with Gasteiger partial charge in [-0.15, -0.1) is 0 Å². The summed E-state index contributed by atoms with van der Waals surface area (Å²) in [6.07, 6.45) is -12.8. The summed E-state index contributed by atoms with van der Waals surface area (Å²) in [7, 11) is 0. The summed E-state index contributed by atoms with van der Waals surface area (Å²) >= 11 is 0. The number of azide groups is 2. The van der Waals surface area contributed by atoms with Crippen molar-refractivity contribution < 1.29 is 79.7 Å². The van der Waals surface area contributed by atoms with Crippen molar-refractivity contribution in [2.24, 2.45) is 10.2 Å². The summed E-state index contributed by atoms with van der Waals surface area (Å²) in [4.78, 5) is 44.8. The van der Waals surface area contributed by atoms with Crippen molar-refractivity contribution >= 4 is 23.7 Å². The number of ketones is 1. The summed E-state index contributed by atoms with van der Waals surface area (Å²) in [5, 5.41) is 95.7. The molecule has 2 fully saturated rings. The van der Waals surface area contributed by atoms with E-state index >= 15 is 0 Å². The van der Waals surface area contributed by atoms with E-state index < -0.39 is 97.9 Å². The second-order valence-electron chi connectivity index (χ2n) is 7.67. The third-order valence-corrected chi connectivity index (χ3v) is 4.81. The smallest absolute Gasteiger partial charge is 0.372 e. The fourth-order valence-corrected chi connectivity index (χ4v) is 2.84. The Hall–Kier alpha value is -3.66. The lowest BCUT2D eigenvalue weighted by molar-refractivity contribution is -0.306. The van der Waals surface area contributed by atoms with Crippen LogP contribution in [-0.2, 0) is 28.7 Å². The zero-order valence-corrected chi connectivity index (χ0v) is 19.6. The number of hydrogen-bond acceptors (Lipinski definition) is 15. The maximum absolute atomic E-state index is 10.8. The number of rotatable bonds is 9. The largest absolute Gasteiger partial charge is 0.481 e. The van der Waals surface area contributed by atoms with Crippen molar-refractivity contribution in [2.75, 3.05) is 13.1 Å². The van der Waals surface area contributed by atoms with Crippen molar-refractivity contribution in [3.63, 3.8) is 0 Å². The Morgan fingerprint density at radius 1 is 0.949 bits per heavy atom. The maximum Gasteiger partial charge on any atom is 0.372 e. The molecule has 0 aromatic rings. The van der Waals surface area contributed by atoms with Gasteiger partial charge in [-0.1, -0.05) is 10.2 Å². The lowest BCUT2D eigenvalue weighted by Gasteiger charge is -2.41. The Kier molecular flexibility index (Phi) is 14.8. The number of aliphatic hydroxyl groups is 7. The number of carbonyl (C=O) groups excluding carboxylic acids is 1. The zero-order valence-electron chi connectivity index (χ0n) is 19.6. The van der Waals surface area contributed by atoms with E-state index in [0.29, 0.717) is 0 Å². The first-order chi connectivity index (χ1) is 18.0. The summed E-state index contributed by atoms with van der Waals surface area (Å²) < 4.78 is 9.37. The first-order valence-corrected chi connectivity index (χ1v) is 10.4. The number of carbonyl (C=O) groups is 4. The Morgan fingerprint density at radius 2 is 1.51 bits per heavy atom. The molecule has 0 saturated carbocycles. The minimum Gasteiger partial charge on any atom is -0.481 e. The van der Waals surface area contributed by atoms with Gasteiger partial charge in [-0.05, 0) is 11.1 Å². The number of carboxylic acid groups (broad SMARTS) is 3. The van der Waals surface area contributed by atoms with E-state index in [1.807, 2.05) is 0 Å². The van der Waals surface area contributed by atoms with Crippen LogP contribution in [0.25, 0.3) is 20.9 Å². The van der Waals surface area contributed by atoms with Gasteiger partial charge in [0.1, 0.15) is 30.8 Å². The summed E-state index contributed by atoms with van der Waals surface area (Å²) in [5.41, 5.74) is 16.0. The van der Waals surface area contributed by atoms with Gasteiger partial charge in [0.05, 0.1) is 31.4 Å². The van der Waals surface area contributed by atoms with Gasteiger partial charge in [0.2, 0.25) is 0 Å². The van der Waals surface area contributed by atoms with E-state index in [4.69, 9.17) is 41.7 Å². The molecule has 3 unspecified atom stereocenters. The van der Waals surface area contributed by atoms with Crippen molar-refractivity contribution in [1.82, 2.24) is 0 Å². The number of aliphatic hydroxyl groups excluding tert-OH is 6. The highest BCUT2D eigenvalue weighted by atomic mass is 16.7. The molecule has 22 nitrogen and oxygen atoms in total. The predicted octanol–water partition coefficient (Wildman–Crippen LogP) is -4.21. The van der Waals surface area contributed by atoms with Crippen LogP contribution >= 0.6 is 0 Å². The molecule has 0 bridgehead atoms. The molecule has 10 N–H and O–H groups in total. The highest BCUT2D eigenvalue weighted by molar-refractivity contribution is 6.35. The van der Waals surface area contributed by atoms with Crippen molar-refractivity contribution in [3.05, 3.63) is 20.9 Å². The van der Waals surface area contributed by atoms with Gasteiger partial charge in [-0.3, -0.25) is 9.59 Å². The van der Waals surface area contributed by atoms with Crippen LogP contribution in [0.1, 0.15) is 12.8 Å². The van der Waals surface area contributed by atoms with Crippen LogP contribution in [0.3, 0.4) is 0 Å². The molecule has 0 radical (unpaired) electrons. The van der Waals surface area contributed by atoms with E-state index in [1.165, 1.54) is 0 Å². The Morgan fingerprint density at radius 3 is 1.90 bits per heavy atom. The second-order valence-corrected chi connectivity index (χ2v) is 7.67. The number of aliphatic carboxylic acids is 3. The van der Waals surface area contributed by atoms with Crippen molar-refractivity contribution in [3.8, 4) is 0 Å². The van der Waals surface area contributed by atoms with E-state index in [0.717, 1.165) is 0 Å². The third kappa shape index (κ3) is 11.3. The summed E-state index contributed by atoms with van der Waals surface area (Å²) in [5.74, 6) is -8.91. The molecule has 0 aliphatic carbocycles.